The van der Waals surface area contributed by atoms with E-state index in [4.69, 9.17) is 16.3 Å². The number of rotatable bonds is 2. The van der Waals surface area contributed by atoms with E-state index < -0.39 is 5.54 Å². The van der Waals surface area contributed by atoms with Crippen molar-refractivity contribution in [3.63, 3.8) is 0 Å². The van der Waals surface area contributed by atoms with Crippen molar-refractivity contribution < 1.29 is 9.53 Å². The Hall–Kier alpha value is -1.26. The molecule has 1 aliphatic rings. The van der Waals surface area contributed by atoms with Gasteiger partial charge in [0.1, 0.15) is 11.3 Å². The van der Waals surface area contributed by atoms with Crippen LogP contribution in [0.3, 0.4) is 0 Å². The Labute approximate surface area is 112 Å². The first-order valence-electron chi connectivity index (χ1n) is 5.83. The minimum atomic E-state index is -0.788. The number of halogens is 1. The lowest BCUT2D eigenvalue weighted by Gasteiger charge is -2.39. The number of nitrogens with one attached hydrogen (secondary N) is 1. The minimum Gasteiger partial charge on any atom is -0.496 e. The molecule has 0 saturated carbocycles. The first-order chi connectivity index (χ1) is 8.49. The van der Waals surface area contributed by atoms with Gasteiger partial charge in [0, 0.05) is 30.7 Å². The predicted molar refractivity (Wildman–Crippen MR) is 71.0 cm³/mol. The number of ether oxygens (including phenoxy) is 1. The van der Waals surface area contributed by atoms with E-state index in [9.17, 15) is 4.79 Å². The second kappa shape index (κ2) is 4.78. The zero-order chi connectivity index (χ0) is 13.3. The van der Waals surface area contributed by atoms with E-state index in [-0.39, 0.29) is 5.91 Å². The molecule has 0 aromatic heterocycles. The van der Waals surface area contributed by atoms with Gasteiger partial charge in [0.15, 0.2) is 0 Å². The number of carbonyl (C=O) groups is 1. The summed E-state index contributed by atoms with van der Waals surface area (Å²) in [6.07, 6.45) is 0. The summed E-state index contributed by atoms with van der Waals surface area (Å²) in [5.41, 5.74) is -0.0162. The van der Waals surface area contributed by atoms with Gasteiger partial charge < -0.3 is 9.64 Å². The maximum absolute atomic E-state index is 12.4. The van der Waals surface area contributed by atoms with Gasteiger partial charge in [-0.05, 0) is 25.1 Å². The highest BCUT2D eigenvalue weighted by Gasteiger charge is 2.41. The summed E-state index contributed by atoms with van der Waals surface area (Å²) < 4.78 is 5.33. The van der Waals surface area contributed by atoms with E-state index in [0.717, 1.165) is 12.1 Å². The third-order valence-electron chi connectivity index (χ3n) is 3.40. The molecule has 1 N–H and O–H groups in total. The van der Waals surface area contributed by atoms with Crippen molar-refractivity contribution in [3.05, 3.63) is 28.8 Å². The second-order valence-corrected chi connectivity index (χ2v) is 5.06. The van der Waals surface area contributed by atoms with Gasteiger partial charge in [-0.1, -0.05) is 11.6 Å². The number of amides is 1. The number of piperazine rings is 1. The van der Waals surface area contributed by atoms with Gasteiger partial charge >= 0.3 is 0 Å². The zero-order valence-electron chi connectivity index (χ0n) is 10.8. The third kappa shape index (κ3) is 2.06. The molecule has 5 heteroatoms. The van der Waals surface area contributed by atoms with Gasteiger partial charge in [0.05, 0.1) is 7.11 Å². The van der Waals surface area contributed by atoms with E-state index in [0.29, 0.717) is 17.3 Å². The lowest BCUT2D eigenvalue weighted by atomic mass is 9.88. The van der Waals surface area contributed by atoms with Crippen LogP contribution in [0.5, 0.6) is 5.75 Å². The summed E-state index contributed by atoms with van der Waals surface area (Å²) in [4.78, 5) is 14.1. The molecule has 1 amide bonds. The van der Waals surface area contributed by atoms with Crippen LogP contribution >= 0.6 is 11.6 Å². The molecule has 0 spiro atoms. The number of hydrogen-bond acceptors (Lipinski definition) is 3. The molecule has 1 atom stereocenters. The Morgan fingerprint density at radius 1 is 1.50 bits per heavy atom. The number of likely N-dealkylation sites (N-methyl/N-ethyl adjacent to an activating group) is 1. The van der Waals surface area contributed by atoms with Crippen LogP contribution in [-0.2, 0) is 10.3 Å². The molecule has 1 heterocycles. The average molecular weight is 269 g/mol. The second-order valence-electron chi connectivity index (χ2n) is 4.62. The van der Waals surface area contributed by atoms with Gasteiger partial charge in [-0.15, -0.1) is 0 Å². The lowest BCUT2D eigenvalue weighted by Crippen LogP contribution is -2.59. The Morgan fingerprint density at radius 3 is 2.89 bits per heavy atom. The summed E-state index contributed by atoms with van der Waals surface area (Å²) in [5, 5.41) is 3.86. The largest absolute Gasteiger partial charge is 0.496 e. The fraction of sp³-hybridized carbons (Fsp3) is 0.462. The van der Waals surface area contributed by atoms with Crippen LogP contribution in [0.15, 0.2) is 18.2 Å². The Morgan fingerprint density at radius 2 is 2.22 bits per heavy atom. The highest BCUT2D eigenvalue weighted by Crippen LogP contribution is 2.34. The van der Waals surface area contributed by atoms with Crippen LogP contribution in [0.4, 0.5) is 0 Å². The number of benzene rings is 1. The van der Waals surface area contributed by atoms with Crippen LogP contribution in [-0.4, -0.2) is 38.1 Å². The highest BCUT2D eigenvalue weighted by atomic mass is 35.5. The Kier molecular flexibility index (Phi) is 3.50. The van der Waals surface area contributed by atoms with Crippen LogP contribution in [0.1, 0.15) is 12.5 Å². The molecule has 18 heavy (non-hydrogen) atoms. The van der Waals surface area contributed by atoms with Gasteiger partial charge in [0.2, 0.25) is 5.91 Å². The number of carbonyl (C=O) groups excluding carboxylic acids is 1. The Bertz CT molecular complexity index is 478. The van der Waals surface area contributed by atoms with E-state index >= 15 is 0 Å². The molecule has 0 aliphatic carbocycles. The van der Waals surface area contributed by atoms with Gasteiger partial charge in [-0.25, -0.2) is 0 Å². The first kappa shape index (κ1) is 13.2. The zero-order valence-corrected chi connectivity index (χ0v) is 11.5. The van der Waals surface area contributed by atoms with Crippen LogP contribution in [0.2, 0.25) is 5.02 Å². The summed E-state index contributed by atoms with van der Waals surface area (Å²) >= 11 is 6.03. The number of nitrogens with zero attached hydrogens (tertiary/aromatic N) is 1. The highest BCUT2D eigenvalue weighted by molar-refractivity contribution is 6.30. The van der Waals surface area contributed by atoms with E-state index in [1.807, 2.05) is 6.92 Å². The molecule has 98 valence electrons. The quantitative estimate of drug-likeness (QED) is 0.886. The van der Waals surface area contributed by atoms with E-state index in [1.54, 1.807) is 37.3 Å². The molecular formula is C13H17ClN2O2. The van der Waals surface area contributed by atoms with Crippen molar-refractivity contribution in [2.75, 3.05) is 27.2 Å². The van der Waals surface area contributed by atoms with Crippen molar-refractivity contribution in [1.82, 2.24) is 10.2 Å². The molecule has 1 aliphatic heterocycles. The molecule has 1 aromatic carbocycles. The van der Waals surface area contributed by atoms with Gasteiger partial charge in [-0.3, -0.25) is 10.1 Å². The SMILES string of the molecule is COc1ccc(Cl)cc1C1(C)NCCN(C)C1=O. The normalized spacial score (nSPS) is 24.2. The fourth-order valence-electron chi connectivity index (χ4n) is 2.31. The molecule has 1 aromatic rings. The predicted octanol–water partition coefficient (Wildman–Crippen LogP) is 1.63. The maximum Gasteiger partial charge on any atom is 0.247 e. The minimum absolute atomic E-state index is 0.0225. The topological polar surface area (TPSA) is 41.6 Å². The smallest absolute Gasteiger partial charge is 0.247 e. The van der Waals surface area contributed by atoms with Gasteiger partial charge in [-0.2, -0.15) is 0 Å². The van der Waals surface area contributed by atoms with Crippen LogP contribution in [0, 0.1) is 0 Å². The standard InChI is InChI=1S/C13H17ClN2O2/c1-13(12(17)16(2)7-6-15-13)10-8-9(14)4-5-11(10)18-3/h4-5,8,15H,6-7H2,1-3H3. The third-order valence-corrected chi connectivity index (χ3v) is 3.64. The van der Waals surface area contributed by atoms with Gasteiger partial charge in [0.25, 0.3) is 0 Å². The molecular weight excluding hydrogens is 252 g/mol. The monoisotopic (exact) mass is 268 g/mol. The first-order valence-corrected chi connectivity index (χ1v) is 6.21. The molecule has 4 nitrogen and oxygen atoms in total. The van der Waals surface area contributed by atoms with Crippen molar-refractivity contribution in [1.29, 1.82) is 0 Å². The van der Waals surface area contributed by atoms with Crippen molar-refractivity contribution in [2.24, 2.45) is 0 Å². The van der Waals surface area contributed by atoms with Crippen LogP contribution < -0.4 is 10.1 Å². The molecule has 1 unspecified atom stereocenters. The average Bonchev–Trinajstić information content (AvgIpc) is 2.36. The molecule has 1 fully saturated rings. The maximum atomic E-state index is 12.4. The van der Waals surface area contributed by atoms with Crippen molar-refractivity contribution >= 4 is 17.5 Å². The summed E-state index contributed by atoms with van der Waals surface area (Å²) in [5.74, 6) is 0.687. The summed E-state index contributed by atoms with van der Waals surface area (Å²) in [6, 6.07) is 5.32. The van der Waals surface area contributed by atoms with Crippen molar-refractivity contribution in [2.45, 2.75) is 12.5 Å². The Balaban J connectivity index is 2.51. The summed E-state index contributed by atoms with van der Waals surface area (Å²) in [6.45, 7) is 3.31. The molecule has 1 saturated heterocycles. The molecule has 0 radical (unpaired) electrons. The van der Waals surface area contributed by atoms with Crippen LogP contribution in [0.25, 0.3) is 0 Å². The van der Waals surface area contributed by atoms with E-state index in [1.165, 1.54) is 0 Å². The lowest BCUT2D eigenvalue weighted by molar-refractivity contribution is -0.139. The van der Waals surface area contributed by atoms with E-state index in [2.05, 4.69) is 5.32 Å². The summed E-state index contributed by atoms with van der Waals surface area (Å²) in [7, 11) is 3.39. The van der Waals surface area contributed by atoms with Crippen molar-refractivity contribution in [3.8, 4) is 5.75 Å². The number of hydrogen-bond donors (Lipinski definition) is 1. The molecule has 0 bridgehead atoms. The number of methoxy groups -OCH3 is 1. The molecule has 2 rings (SSSR count). The fourth-order valence-corrected chi connectivity index (χ4v) is 2.49.